The van der Waals surface area contributed by atoms with Crippen LogP contribution in [0.25, 0.3) is 0 Å². The van der Waals surface area contributed by atoms with Crippen molar-refractivity contribution in [1.29, 1.82) is 0 Å². The van der Waals surface area contributed by atoms with Gasteiger partial charge in [-0.05, 0) is 18.7 Å². The molecule has 1 amide bonds. The molecule has 0 saturated carbocycles. The van der Waals surface area contributed by atoms with Crippen molar-refractivity contribution in [2.45, 2.75) is 13.3 Å². The van der Waals surface area contributed by atoms with E-state index in [4.69, 9.17) is 0 Å². The molecule has 0 fully saturated rings. The number of rotatable bonds is 5. The van der Waals surface area contributed by atoms with Crippen molar-refractivity contribution in [2.24, 2.45) is 0 Å². The maximum Gasteiger partial charge on any atom is 0.227 e. The lowest BCUT2D eigenvalue weighted by molar-refractivity contribution is -0.118. The van der Waals surface area contributed by atoms with Gasteiger partial charge in [0.05, 0.1) is 0 Å². The van der Waals surface area contributed by atoms with Gasteiger partial charge >= 0.3 is 0 Å². The summed E-state index contributed by atoms with van der Waals surface area (Å²) in [5.74, 6) is 0.141. The molecule has 0 radical (unpaired) electrons. The second kappa shape index (κ2) is 6.19. The molecule has 0 aliphatic heterocycles. The van der Waals surface area contributed by atoms with E-state index < -0.39 is 0 Å². The quantitative estimate of drug-likeness (QED) is 0.743. The first-order valence-corrected chi connectivity index (χ1v) is 5.28. The van der Waals surface area contributed by atoms with Crippen molar-refractivity contribution in [3.05, 3.63) is 30.3 Å². The van der Waals surface area contributed by atoms with Gasteiger partial charge in [0, 0.05) is 25.7 Å². The summed E-state index contributed by atoms with van der Waals surface area (Å²) in [5, 5.41) is 3.14. The smallest absolute Gasteiger partial charge is 0.227 e. The Hall–Kier alpha value is -1.35. The van der Waals surface area contributed by atoms with Gasteiger partial charge in [0.1, 0.15) is 0 Å². The van der Waals surface area contributed by atoms with Crippen LogP contribution in [-0.4, -0.2) is 26.0 Å². The van der Waals surface area contributed by atoms with Gasteiger partial charge in [-0.1, -0.05) is 25.1 Å². The summed E-state index contributed by atoms with van der Waals surface area (Å²) in [6.07, 6.45) is 0.541. The Balaban J connectivity index is 2.46. The fourth-order valence-electron chi connectivity index (χ4n) is 1.34. The zero-order valence-corrected chi connectivity index (χ0v) is 9.36. The first kappa shape index (κ1) is 11.7. The number of amides is 1. The third kappa shape index (κ3) is 3.72. The van der Waals surface area contributed by atoms with Crippen molar-refractivity contribution in [1.82, 2.24) is 5.32 Å². The van der Waals surface area contributed by atoms with Crippen LogP contribution in [-0.2, 0) is 4.79 Å². The minimum atomic E-state index is 0.141. The minimum absolute atomic E-state index is 0.141. The van der Waals surface area contributed by atoms with Crippen LogP contribution < -0.4 is 10.2 Å². The molecule has 3 heteroatoms. The van der Waals surface area contributed by atoms with Crippen LogP contribution in [0.15, 0.2) is 30.3 Å². The molecule has 1 rings (SSSR count). The molecule has 0 aliphatic rings. The molecule has 0 heterocycles. The summed E-state index contributed by atoms with van der Waals surface area (Å²) in [6.45, 7) is 3.68. The van der Waals surface area contributed by atoms with Crippen molar-refractivity contribution < 1.29 is 4.79 Å². The van der Waals surface area contributed by atoms with E-state index in [1.54, 1.807) is 4.90 Å². The Labute approximate surface area is 91.1 Å². The van der Waals surface area contributed by atoms with Crippen LogP contribution in [0, 0.1) is 0 Å². The van der Waals surface area contributed by atoms with E-state index in [1.807, 2.05) is 44.3 Å². The molecule has 1 aromatic rings. The number of nitrogens with zero attached hydrogens (tertiary/aromatic N) is 1. The number of para-hydroxylation sites is 1. The molecular weight excluding hydrogens is 188 g/mol. The van der Waals surface area contributed by atoms with Gasteiger partial charge in [-0.15, -0.1) is 0 Å². The number of carbonyl (C=O) groups excluding carboxylic acids is 1. The standard InChI is InChI=1S/C12H18N2O/c1-3-13-10-9-12(15)14(2)11-7-5-4-6-8-11/h4-8,13H,3,9-10H2,1-2H3. The van der Waals surface area contributed by atoms with E-state index in [0.29, 0.717) is 6.42 Å². The highest BCUT2D eigenvalue weighted by Gasteiger charge is 2.08. The van der Waals surface area contributed by atoms with Crippen molar-refractivity contribution in [2.75, 3.05) is 25.0 Å². The SMILES string of the molecule is CCNCCC(=O)N(C)c1ccccc1. The molecule has 0 spiro atoms. The molecule has 0 bridgehead atoms. The van der Waals surface area contributed by atoms with E-state index in [1.165, 1.54) is 0 Å². The first-order chi connectivity index (χ1) is 7.25. The summed E-state index contributed by atoms with van der Waals surface area (Å²) in [6, 6.07) is 9.68. The van der Waals surface area contributed by atoms with Crippen LogP contribution in [0.1, 0.15) is 13.3 Å². The number of benzene rings is 1. The second-order valence-corrected chi connectivity index (χ2v) is 3.39. The fraction of sp³-hybridized carbons (Fsp3) is 0.417. The second-order valence-electron chi connectivity index (χ2n) is 3.39. The molecule has 3 nitrogen and oxygen atoms in total. The van der Waals surface area contributed by atoms with E-state index >= 15 is 0 Å². The summed E-state index contributed by atoms with van der Waals surface area (Å²) in [7, 11) is 1.81. The fourth-order valence-corrected chi connectivity index (χ4v) is 1.34. The highest BCUT2D eigenvalue weighted by Crippen LogP contribution is 2.11. The van der Waals surface area contributed by atoms with Gasteiger partial charge in [0.15, 0.2) is 0 Å². The largest absolute Gasteiger partial charge is 0.316 e. The third-order valence-corrected chi connectivity index (χ3v) is 2.28. The Morgan fingerprint density at radius 2 is 2.00 bits per heavy atom. The molecular formula is C12H18N2O. The van der Waals surface area contributed by atoms with Crippen molar-refractivity contribution >= 4 is 11.6 Å². The number of carbonyl (C=O) groups is 1. The molecule has 0 saturated heterocycles. The van der Waals surface area contributed by atoms with Crippen molar-refractivity contribution in [3.8, 4) is 0 Å². The van der Waals surface area contributed by atoms with Gasteiger partial charge < -0.3 is 10.2 Å². The topological polar surface area (TPSA) is 32.3 Å². The maximum atomic E-state index is 11.7. The molecule has 15 heavy (non-hydrogen) atoms. The Morgan fingerprint density at radius 3 is 2.60 bits per heavy atom. The summed E-state index contributed by atoms with van der Waals surface area (Å²) in [4.78, 5) is 13.4. The Bertz CT molecular complexity index is 298. The normalized spacial score (nSPS) is 10.0. The molecule has 82 valence electrons. The van der Waals surface area contributed by atoms with E-state index in [2.05, 4.69) is 5.32 Å². The first-order valence-electron chi connectivity index (χ1n) is 5.28. The van der Waals surface area contributed by atoms with Crippen LogP contribution in [0.2, 0.25) is 0 Å². The summed E-state index contributed by atoms with van der Waals surface area (Å²) >= 11 is 0. The van der Waals surface area contributed by atoms with Gasteiger partial charge in [0.2, 0.25) is 5.91 Å². The summed E-state index contributed by atoms with van der Waals surface area (Å²) < 4.78 is 0. The monoisotopic (exact) mass is 206 g/mol. The van der Waals surface area contributed by atoms with Crippen LogP contribution >= 0.6 is 0 Å². The zero-order valence-electron chi connectivity index (χ0n) is 9.36. The molecule has 0 aromatic heterocycles. The van der Waals surface area contributed by atoms with Crippen molar-refractivity contribution in [3.63, 3.8) is 0 Å². The van der Waals surface area contributed by atoms with Gasteiger partial charge in [-0.3, -0.25) is 4.79 Å². The van der Waals surface area contributed by atoms with Gasteiger partial charge in [-0.2, -0.15) is 0 Å². The van der Waals surface area contributed by atoms with E-state index in [9.17, 15) is 4.79 Å². The number of hydrogen-bond acceptors (Lipinski definition) is 2. The lowest BCUT2D eigenvalue weighted by atomic mass is 10.2. The molecule has 1 aromatic carbocycles. The minimum Gasteiger partial charge on any atom is -0.316 e. The molecule has 1 N–H and O–H groups in total. The van der Waals surface area contributed by atoms with E-state index in [-0.39, 0.29) is 5.91 Å². The number of nitrogens with one attached hydrogen (secondary N) is 1. The average Bonchev–Trinajstić information content (AvgIpc) is 2.29. The average molecular weight is 206 g/mol. The van der Waals surface area contributed by atoms with Crippen LogP contribution in [0.5, 0.6) is 0 Å². The highest BCUT2D eigenvalue weighted by atomic mass is 16.2. The molecule has 0 atom stereocenters. The molecule has 0 unspecified atom stereocenters. The zero-order chi connectivity index (χ0) is 11.1. The van der Waals surface area contributed by atoms with E-state index in [0.717, 1.165) is 18.8 Å². The lowest BCUT2D eigenvalue weighted by Crippen LogP contribution is -2.29. The third-order valence-electron chi connectivity index (χ3n) is 2.28. The van der Waals surface area contributed by atoms with Crippen LogP contribution in [0.3, 0.4) is 0 Å². The molecule has 0 aliphatic carbocycles. The number of anilines is 1. The van der Waals surface area contributed by atoms with Gasteiger partial charge in [-0.25, -0.2) is 0 Å². The predicted molar refractivity (Wildman–Crippen MR) is 63.0 cm³/mol. The van der Waals surface area contributed by atoms with Gasteiger partial charge in [0.25, 0.3) is 0 Å². The maximum absolute atomic E-state index is 11.7. The highest BCUT2D eigenvalue weighted by molar-refractivity contribution is 5.92. The number of hydrogen-bond donors (Lipinski definition) is 1. The predicted octanol–water partition coefficient (Wildman–Crippen LogP) is 1.65. The Kier molecular flexibility index (Phi) is 4.84. The van der Waals surface area contributed by atoms with Crippen LogP contribution in [0.4, 0.5) is 5.69 Å². The lowest BCUT2D eigenvalue weighted by Gasteiger charge is -2.17. The summed E-state index contributed by atoms with van der Waals surface area (Å²) in [5.41, 5.74) is 0.944. The Morgan fingerprint density at radius 1 is 1.33 bits per heavy atom.